The second kappa shape index (κ2) is 5.25. The van der Waals surface area contributed by atoms with Gasteiger partial charge in [-0.15, -0.1) is 0 Å². The number of halogens is 2. The Labute approximate surface area is 104 Å². The molecular weight excluding hydrogens is 271 g/mol. The van der Waals surface area contributed by atoms with Crippen LogP contribution in [-0.2, 0) is 6.54 Å². The van der Waals surface area contributed by atoms with Crippen molar-refractivity contribution in [2.24, 2.45) is 5.73 Å². The Morgan fingerprint density at radius 3 is 2.69 bits per heavy atom. The zero-order valence-electron chi connectivity index (χ0n) is 9.13. The van der Waals surface area contributed by atoms with E-state index in [1.807, 2.05) is 6.07 Å². The lowest BCUT2D eigenvalue weighted by Crippen LogP contribution is -2.39. The summed E-state index contributed by atoms with van der Waals surface area (Å²) in [4.78, 5) is 2.26. The minimum absolute atomic E-state index is 0.135. The Morgan fingerprint density at radius 1 is 1.38 bits per heavy atom. The Balaban J connectivity index is 2.04. The van der Waals surface area contributed by atoms with Gasteiger partial charge in [0.1, 0.15) is 5.82 Å². The van der Waals surface area contributed by atoms with Gasteiger partial charge in [0.15, 0.2) is 0 Å². The number of nitrogens with two attached hydrogens (primary N) is 1. The molecule has 0 amide bonds. The summed E-state index contributed by atoms with van der Waals surface area (Å²) < 4.78 is 14.5. The van der Waals surface area contributed by atoms with Crippen LogP contribution in [-0.4, -0.2) is 24.0 Å². The van der Waals surface area contributed by atoms with Crippen molar-refractivity contribution >= 4 is 15.9 Å². The molecule has 1 aliphatic rings. The van der Waals surface area contributed by atoms with Crippen LogP contribution >= 0.6 is 15.9 Å². The standard InChI is InChI=1S/C12H16BrFN2/c13-11-2-1-3-12(14)10(11)8-16-6-4-9(15)5-7-16/h1-3,9H,4-8,15H2. The molecule has 1 aliphatic heterocycles. The summed E-state index contributed by atoms with van der Waals surface area (Å²) in [5, 5.41) is 0. The first-order valence-electron chi connectivity index (χ1n) is 5.57. The van der Waals surface area contributed by atoms with E-state index in [0.717, 1.165) is 36.0 Å². The fraction of sp³-hybridized carbons (Fsp3) is 0.500. The van der Waals surface area contributed by atoms with E-state index >= 15 is 0 Å². The monoisotopic (exact) mass is 286 g/mol. The summed E-state index contributed by atoms with van der Waals surface area (Å²) >= 11 is 3.39. The summed E-state index contributed by atoms with van der Waals surface area (Å²) in [7, 11) is 0. The fourth-order valence-corrected chi connectivity index (χ4v) is 2.49. The molecule has 16 heavy (non-hydrogen) atoms. The number of benzene rings is 1. The van der Waals surface area contributed by atoms with E-state index in [9.17, 15) is 4.39 Å². The number of likely N-dealkylation sites (tertiary alicyclic amines) is 1. The maximum atomic E-state index is 13.6. The van der Waals surface area contributed by atoms with E-state index in [4.69, 9.17) is 5.73 Å². The fourth-order valence-electron chi connectivity index (χ4n) is 2.02. The van der Waals surface area contributed by atoms with Crippen LogP contribution in [0, 0.1) is 5.82 Å². The SMILES string of the molecule is NC1CCN(Cc2c(F)cccc2Br)CC1. The zero-order valence-corrected chi connectivity index (χ0v) is 10.7. The molecule has 0 atom stereocenters. The molecule has 0 spiro atoms. The van der Waals surface area contributed by atoms with Crippen molar-refractivity contribution in [2.75, 3.05) is 13.1 Å². The van der Waals surface area contributed by atoms with Crippen LogP contribution in [0.1, 0.15) is 18.4 Å². The number of piperidine rings is 1. The molecule has 2 N–H and O–H groups in total. The Kier molecular flexibility index (Phi) is 3.95. The second-order valence-corrected chi connectivity index (χ2v) is 5.17. The van der Waals surface area contributed by atoms with Crippen molar-refractivity contribution in [1.82, 2.24) is 4.90 Å². The van der Waals surface area contributed by atoms with Crippen LogP contribution in [0.25, 0.3) is 0 Å². The first-order valence-corrected chi connectivity index (χ1v) is 6.37. The van der Waals surface area contributed by atoms with Gasteiger partial charge in [0, 0.05) is 22.6 Å². The lowest BCUT2D eigenvalue weighted by Gasteiger charge is -2.30. The lowest BCUT2D eigenvalue weighted by molar-refractivity contribution is 0.203. The van der Waals surface area contributed by atoms with Gasteiger partial charge in [-0.3, -0.25) is 4.90 Å². The van der Waals surface area contributed by atoms with E-state index < -0.39 is 0 Å². The molecule has 2 nitrogen and oxygen atoms in total. The first kappa shape index (κ1) is 12.0. The molecule has 0 aliphatic carbocycles. The van der Waals surface area contributed by atoms with Gasteiger partial charge < -0.3 is 5.73 Å². The van der Waals surface area contributed by atoms with E-state index in [0.29, 0.717) is 12.6 Å². The van der Waals surface area contributed by atoms with Crippen molar-refractivity contribution in [1.29, 1.82) is 0 Å². The normalized spacial score (nSPS) is 18.9. The minimum Gasteiger partial charge on any atom is -0.328 e. The number of hydrogen-bond donors (Lipinski definition) is 1. The Morgan fingerprint density at radius 2 is 2.06 bits per heavy atom. The largest absolute Gasteiger partial charge is 0.328 e. The van der Waals surface area contributed by atoms with Gasteiger partial charge in [0.05, 0.1) is 0 Å². The highest BCUT2D eigenvalue weighted by Gasteiger charge is 2.18. The highest BCUT2D eigenvalue weighted by atomic mass is 79.9. The van der Waals surface area contributed by atoms with Crippen molar-refractivity contribution in [2.45, 2.75) is 25.4 Å². The highest BCUT2D eigenvalue weighted by Crippen LogP contribution is 2.22. The van der Waals surface area contributed by atoms with E-state index in [2.05, 4.69) is 20.8 Å². The molecule has 88 valence electrons. The van der Waals surface area contributed by atoms with Crippen molar-refractivity contribution in [3.8, 4) is 0 Å². The number of rotatable bonds is 2. The van der Waals surface area contributed by atoms with Crippen LogP contribution < -0.4 is 5.73 Å². The lowest BCUT2D eigenvalue weighted by atomic mass is 10.1. The maximum absolute atomic E-state index is 13.6. The molecule has 1 aromatic rings. The molecule has 4 heteroatoms. The number of nitrogens with zero attached hydrogens (tertiary/aromatic N) is 1. The van der Waals surface area contributed by atoms with E-state index in [1.165, 1.54) is 6.07 Å². The topological polar surface area (TPSA) is 29.3 Å². The van der Waals surface area contributed by atoms with Crippen molar-refractivity contribution in [3.63, 3.8) is 0 Å². The number of hydrogen-bond acceptors (Lipinski definition) is 2. The van der Waals surface area contributed by atoms with Gasteiger partial charge >= 0.3 is 0 Å². The summed E-state index contributed by atoms with van der Waals surface area (Å²) in [6.45, 7) is 2.59. The van der Waals surface area contributed by atoms with Gasteiger partial charge in [-0.2, -0.15) is 0 Å². The van der Waals surface area contributed by atoms with Crippen LogP contribution in [0.3, 0.4) is 0 Å². The van der Waals surface area contributed by atoms with Gasteiger partial charge in [-0.25, -0.2) is 4.39 Å². The quantitative estimate of drug-likeness (QED) is 0.905. The average Bonchev–Trinajstić information content (AvgIpc) is 2.26. The maximum Gasteiger partial charge on any atom is 0.128 e. The summed E-state index contributed by atoms with van der Waals surface area (Å²) in [6.07, 6.45) is 2.01. The van der Waals surface area contributed by atoms with Gasteiger partial charge in [0.25, 0.3) is 0 Å². The smallest absolute Gasteiger partial charge is 0.128 e. The first-order chi connectivity index (χ1) is 7.66. The molecule has 2 rings (SSSR count). The van der Waals surface area contributed by atoms with Crippen LogP contribution in [0.4, 0.5) is 4.39 Å². The molecular formula is C12H16BrFN2. The van der Waals surface area contributed by atoms with E-state index in [-0.39, 0.29) is 5.82 Å². The predicted octanol–water partition coefficient (Wildman–Crippen LogP) is 2.51. The summed E-state index contributed by atoms with van der Waals surface area (Å²) in [5.74, 6) is -0.135. The third-order valence-corrected chi connectivity index (χ3v) is 3.82. The highest BCUT2D eigenvalue weighted by molar-refractivity contribution is 9.10. The van der Waals surface area contributed by atoms with Crippen LogP contribution in [0.2, 0.25) is 0 Å². The molecule has 1 aromatic carbocycles. The predicted molar refractivity (Wildman–Crippen MR) is 66.6 cm³/mol. The van der Waals surface area contributed by atoms with Crippen LogP contribution in [0.5, 0.6) is 0 Å². The zero-order chi connectivity index (χ0) is 11.5. The molecule has 0 unspecified atom stereocenters. The average molecular weight is 287 g/mol. The summed E-state index contributed by atoms with van der Waals surface area (Å²) in [5.41, 5.74) is 6.59. The van der Waals surface area contributed by atoms with Crippen molar-refractivity contribution in [3.05, 3.63) is 34.1 Å². The van der Waals surface area contributed by atoms with E-state index in [1.54, 1.807) is 6.07 Å². The molecule has 1 fully saturated rings. The van der Waals surface area contributed by atoms with Gasteiger partial charge in [0.2, 0.25) is 0 Å². The Hall–Kier alpha value is -0.450. The van der Waals surface area contributed by atoms with Crippen molar-refractivity contribution < 1.29 is 4.39 Å². The molecule has 0 bridgehead atoms. The van der Waals surface area contributed by atoms with Gasteiger partial charge in [-0.1, -0.05) is 22.0 Å². The second-order valence-electron chi connectivity index (χ2n) is 4.31. The third-order valence-electron chi connectivity index (χ3n) is 3.08. The van der Waals surface area contributed by atoms with Gasteiger partial charge in [-0.05, 0) is 38.1 Å². The molecule has 1 saturated heterocycles. The molecule has 0 saturated carbocycles. The van der Waals surface area contributed by atoms with Crippen LogP contribution in [0.15, 0.2) is 22.7 Å². The molecule has 1 heterocycles. The molecule has 0 aromatic heterocycles. The molecule has 0 radical (unpaired) electrons. The minimum atomic E-state index is -0.135. The summed E-state index contributed by atoms with van der Waals surface area (Å²) in [6, 6.07) is 5.43. The third kappa shape index (κ3) is 2.81. The Bertz CT molecular complexity index is 342.